The highest BCUT2D eigenvalue weighted by molar-refractivity contribution is 4.81. The molecule has 0 aliphatic heterocycles. The Morgan fingerprint density at radius 1 is 1.16 bits per heavy atom. The number of rotatable bonds is 12. The molecule has 1 aliphatic carbocycles. The van der Waals surface area contributed by atoms with Crippen molar-refractivity contribution in [3.05, 3.63) is 0 Å². The van der Waals surface area contributed by atoms with Gasteiger partial charge in [-0.1, -0.05) is 0 Å². The first-order valence-electron chi connectivity index (χ1n) is 7.66. The van der Waals surface area contributed by atoms with Gasteiger partial charge in [0.2, 0.25) is 0 Å². The lowest BCUT2D eigenvalue weighted by Crippen LogP contribution is -2.44. The van der Waals surface area contributed by atoms with Crippen molar-refractivity contribution in [2.24, 2.45) is 0 Å². The van der Waals surface area contributed by atoms with Crippen molar-refractivity contribution < 1.29 is 9.47 Å². The molecule has 0 aromatic heterocycles. The van der Waals surface area contributed by atoms with Crippen LogP contribution in [0.1, 0.15) is 39.5 Å². The molecule has 2 atom stereocenters. The largest absolute Gasteiger partial charge is 0.383 e. The number of hydrogen-bond acceptors (Lipinski definition) is 4. The van der Waals surface area contributed by atoms with Gasteiger partial charge in [-0.25, -0.2) is 0 Å². The van der Waals surface area contributed by atoms with Crippen LogP contribution in [0.3, 0.4) is 0 Å². The molecule has 0 spiro atoms. The number of hydrogen-bond donors (Lipinski definition) is 1. The summed E-state index contributed by atoms with van der Waals surface area (Å²) in [4.78, 5) is 2.50. The van der Waals surface area contributed by atoms with E-state index in [9.17, 15) is 0 Å². The van der Waals surface area contributed by atoms with E-state index in [1.165, 1.54) is 25.7 Å². The Morgan fingerprint density at radius 3 is 2.47 bits per heavy atom. The molecule has 0 radical (unpaired) electrons. The van der Waals surface area contributed by atoms with Crippen molar-refractivity contribution in [1.29, 1.82) is 0 Å². The van der Waals surface area contributed by atoms with Crippen LogP contribution in [-0.4, -0.2) is 63.5 Å². The van der Waals surface area contributed by atoms with Crippen LogP contribution in [0.15, 0.2) is 0 Å². The maximum atomic E-state index is 5.29. The molecule has 114 valence electrons. The van der Waals surface area contributed by atoms with Crippen LogP contribution in [0.4, 0.5) is 0 Å². The van der Waals surface area contributed by atoms with Gasteiger partial charge in [0.25, 0.3) is 0 Å². The summed E-state index contributed by atoms with van der Waals surface area (Å²) in [7, 11) is 3.54. The molecule has 1 aliphatic rings. The van der Waals surface area contributed by atoms with Crippen LogP contribution < -0.4 is 5.32 Å². The predicted octanol–water partition coefficient (Wildman–Crippen LogP) is 1.89. The maximum absolute atomic E-state index is 5.29. The number of nitrogens with one attached hydrogen (secondary N) is 1. The molecule has 4 heteroatoms. The van der Waals surface area contributed by atoms with Gasteiger partial charge in [0.15, 0.2) is 0 Å². The molecule has 0 bridgehead atoms. The summed E-state index contributed by atoms with van der Waals surface area (Å²) in [5.41, 5.74) is 0. The van der Waals surface area contributed by atoms with Crippen molar-refractivity contribution >= 4 is 0 Å². The lowest BCUT2D eigenvalue weighted by molar-refractivity contribution is 0.0489. The summed E-state index contributed by atoms with van der Waals surface area (Å²) < 4.78 is 10.5. The smallest absolute Gasteiger partial charge is 0.0615 e. The first-order chi connectivity index (χ1) is 9.19. The van der Waals surface area contributed by atoms with Crippen LogP contribution in [0.25, 0.3) is 0 Å². The lowest BCUT2D eigenvalue weighted by Gasteiger charge is -2.34. The summed E-state index contributed by atoms with van der Waals surface area (Å²) in [6.07, 6.45) is 5.24. The van der Waals surface area contributed by atoms with E-state index in [1.54, 1.807) is 14.2 Å². The van der Waals surface area contributed by atoms with Gasteiger partial charge in [-0.3, -0.25) is 4.90 Å². The van der Waals surface area contributed by atoms with Crippen molar-refractivity contribution in [3.8, 4) is 0 Å². The van der Waals surface area contributed by atoms with Gasteiger partial charge in [-0.05, 0) is 46.1 Å². The minimum Gasteiger partial charge on any atom is -0.383 e. The minimum atomic E-state index is 0.451. The van der Waals surface area contributed by atoms with Gasteiger partial charge >= 0.3 is 0 Å². The Hall–Kier alpha value is -0.160. The average Bonchev–Trinajstić information content (AvgIpc) is 3.19. The Labute approximate surface area is 118 Å². The molecule has 19 heavy (non-hydrogen) atoms. The molecule has 1 saturated carbocycles. The molecule has 0 aromatic rings. The molecular formula is C15H32N2O2. The van der Waals surface area contributed by atoms with E-state index >= 15 is 0 Å². The predicted molar refractivity (Wildman–Crippen MR) is 79.6 cm³/mol. The molecule has 0 aromatic carbocycles. The topological polar surface area (TPSA) is 33.7 Å². The average molecular weight is 272 g/mol. The maximum Gasteiger partial charge on any atom is 0.0615 e. The highest BCUT2D eigenvalue weighted by Crippen LogP contribution is 2.18. The zero-order valence-corrected chi connectivity index (χ0v) is 13.2. The molecule has 0 amide bonds. The zero-order valence-electron chi connectivity index (χ0n) is 13.2. The van der Waals surface area contributed by atoms with Crippen molar-refractivity contribution in [1.82, 2.24) is 10.2 Å². The standard InChI is InChI=1S/C15H32N2O2/c1-13(6-5-9-16-15-7-8-15)17(10-11-18-3)14(2)12-19-4/h13-16H,5-12H2,1-4H3. The SMILES string of the molecule is COCCN(C(C)CCCNC1CC1)C(C)COC. The second kappa shape index (κ2) is 9.70. The fourth-order valence-corrected chi connectivity index (χ4v) is 2.57. The van der Waals surface area contributed by atoms with Crippen LogP contribution in [0, 0.1) is 0 Å². The monoisotopic (exact) mass is 272 g/mol. The van der Waals surface area contributed by atoms with Crippen LogP contribution >= 0.6 is 0 Å². The van der Waals surface area contributed by atoms with Gasteiger partial charge in [-0.2, -0.15) is 0 Å². The Kier molecular flexibility index (Phi) is 8.62. The fourth-order valence-electron chi connectivity index (χ4n) is 2.57. The number of methoxy groups -OCH3 is 2. The third-order valence-electron chi connectivity index (χ3n) is 3.90. The Balaban J connectivity index is 2.24. The first-order valence-corrected chi connectivity index (χ1v) is 7.66. The van der Waals surface area contributed by atoms with E-state index in [-0.39, 0.29) is 0 Å². The van der Waals surface area contributed by atoms with E-state index < -0.39 is 0 Å². The molecule has 1 fully saturated rings. The highest BCUT2D eigenvalue weighted by atomic mass is 16.5. The molecule has 1 rings (SSSR count). The quantitative estimate of drug-likeness (QED) is 0.550. The van der Waals surface area contributed by atoms with Gasteiger partial charge in [-0.15, -0.1) is 0 Å². The second-order valence-electron chi connectivity index (χ2n) is 5.75. The lowest BCUT2D eigenvalue weighted by atomic mass is 10.1. The summed E-state index contributed by atoms with van der Waals surface area (Å²) in [5, 5.41) is 3.58. The fraction of sp³-hybridized carbons (Fsp3) is 1.00. The van der Waals surface area contributed by atoms with E-state index in [1.807, 2.05) is 0 Å². The minimum absolute atomic E-state index is 0.451. The van der Waals surface area contributed by atoms with Gasteiger partial charge < -0.3 is 14.8 Å². The van der Waals surface area contributed by atoms with Crippen molar-refractivity contribution in [3.63, 3.8) is 0 Å². The highest BCUT2D eigenvalue weighted by Gasteiger charge is 2.21. The second-order valence-corrected chi connectivity index (χ2v) is 5.75. The van der Waals surface area contributed by atoms with Crippen molar-refractivity contribution in [2.75, 3.05) is 40.5 Å². The normalized spacial score (nSPS) is 18.8. The molecule has 1 N–H and O–H groups in total. The van der Waals surface area contributed by atoms with Gasteiger partial charge in [0.05, 0.1) is 13.2 Å². The van der Waals surface area contributed by atoms with E-state index in [4.69, 9.17) is 9.47 Å². The summed E-state index contributed by atoms with van der Waals surface area (Å²) >= 11 is 0. The molecule has 0 heterocycles. The third-order valence-corrected chi connectivity index (χ3v) is 3.90. The van der Waals surface area contributed by atoms with E-state index in [0.29, 0.717) is 12.1 Å². The van der Waals surface area contributed by atoms with Gasteiger partial charge in [0.1, 0.15) is 0 Å². The van der Waals surface area contributed by atoms with Crippen LogP contribution in [0.5, 0.6) is 0 Å². The number of nitrogens with zero attached hydrogens (tertiary/aromatic N) is 1. The van der Waals surface area contributed by atoms with Crippen molar-refractivity contribution in [2.45, 2.75) is 57.7 Å². The Bertz CT molecular complexity index is 222. The van der Waals surface area contributed by atoms with E-state index in [2.05, 4.69) is 24.1 Å². The van der Waals surface area contributed by atoms with Crippen LogP contribution in [-0.2, 0) is 9.47 Å². The summed E-state index contributed by atoms with van der Waals surface area (Å²) in [6, 6.07) is 1.86. The molecular weight excluding hydrogens is 240 g/mol. The number of ether oxygens (including phenoxy) is 2. The summed E-state index contributed by atoms with van der Waals surface area (Å²) in [5.74, 6) is 0. The Morgan fingerprint density at radius 2 is 1.89 bits per heavy atom. The third kappa shape index (κ3) is 7.25. The summed E-state index contributed by atoms with van der Waals surface area (Å²) in [6.45, 7) is 8.27. The van der Waals surface area contributed by atoms with Crippen LogP contribution in [0.2, 0.25) is 0 Å². The molecule has 0 saturated heterocycles. The first kappa shape index (κ1) is 16.9. The zero-order chi connectivity index (χ0) is 14.1. The molecule has 2 unspecified atom stereocenters. The van der Waals surface area contributed by atoms with E-state index in [0.717, 1.165) is 32.3 Å². The molecule has 4 nitrogen and oxygen atoms in total. The van der Waals surface area contributed by atoms with Gasteiger partial charge in [0, 0.05) is 38.9 Å².